The molecule has 1 fully saturated rings. The summed E-state index contributed by atoms with van der Waals surface area (Å²) in [5.41, 5.74) is 0.533. The van der Waals surface area contributed by atoms with Crippen molar-refractivity contribution in [2.45, 2.75) is 39.0 Å². The Bertz CT molecular complexity index is 931. The summed E-state index contributed by atoms with van der Waals surface area (Å²) in [5.74, 6) is 0.318. The molecule has 138 valence electrons. The van der Waals surface area contributed by atoms with Gasteiger partial charge in [-0.1, -0.05) is 29.5 Å². The van der Waals surface area contributed by atoms with E-state index in [1.54, 1.807) is 19.1 Å². The Balaban J connectivity index is 1.85. The van der Waals surface area contributed by atoms with Crippen LogP contribution >= 0.6 is 11.3 Å². The molecule has 0 spiro atoms. The Morgan fingerprint density at radius 3 is 2.62 bits per heavy atom. The fraction of sp³-hybridized carbons (Fsp3) is 0.444. The second kappa shape index (κ2) is 6.61. The number of hydrogen-bond donors (Lipinski definition) is 1. The third kappa shape index (κ3) is 2.98. The molecule has 3 atom stereocenters. The van der Waals surface area contributed by atoms with Crippen LogP contribution in [-0.2, 0) is 4.74 Å². The quantitative estimate of drug-likeness (QED) is 0.761. The Hall–Kier alpha value is -2.03. The SMILES string of the molecule is Cc1nc2sc(C(c3ccccc3F)N3CC(C)OC(C)C3)c(O)n2n1. The van der Waals surface area contributed by atoms with Crippen molar-refractivity contribution in [3.8, 4) is 5.88 Å². The molecule has 0 amide bonds. The van der Waals surface area contributed by atoms with Crippen LogP contribution < -0.4 is 0 Å². The van der Waals surface area contributed by atoms with Gasteiger partial charge in [0.2, 0.25) is 10.8 Å². The average molecular weight is 376 g/mol. The van der Waals surface area contributed by atoms with Gasteiger partial charge in [0.1, 0.15) is 11.6 Å². The zero-order valence-electron chi connectivity index (χ0n) is 14.9. The molecular formula is C18H21FN4O2S. The van der Waals surface area contributed by atoms with Gasteiger partial charge < -0.3 is 9.84 Å². The van der Waals surface area contributed by atoms with Gasteiger partial charge in [0, 0.05) is 18.7 Å². The summed E-state index contributed by atoms with van der Waals surface area (Å²) in [6.07, 6.45) is 0.0548. The van der Waals surface area contributed by atoms with Crippen molar-refractivity contribution < 1.29 is 14.2 Å². The first-order valence-corrected chi connectivity index (χ1v) is 9.44. The maximum atomic E-state index is 14.7. The van der Waals surface area contributed by atoms with E-state index in [1.807, 2.05) is 19.9 Å². The van der Waals surface area contributed by atoms with Crippen LogP contribution in [0.25, 0.3) is 4.96 Å². The number of aryl methyl sites for hydroxylation is 1. The minimum absolute atomic E-state index is 0.0191. The lowest BCUT2D eigenvalue weighted by Crippen LogP contribution is -2.47. The molecule has 0 radical (unpaired) electrons. The molecule has 1 N–H and O–H groups in total. The molecule has 26 heavy (non-hydrogen) atoms. The lowest BCUT2D eigenvalue weighted by molar-refractivity contribution is -0.0767. The summed E-state index contributed by atoms with van der Waals surface area (Å²) in [5, 5.41) is 15.0. The molecule has 1 saturated heterocycles. The molecule has 8 heteroatoms. The third-order valence-electron chi connectivity index (χ3n) is 4.57. The van der Waals surface area contributed by atoms with Crippen molar-refractivity contribution in [2.24, 2.45) is 0 Å². The van der Waals surface area contributed by atoms with Gasteiger partial charge in [0.05, 0.1) is 23.1 Å². The number of aromatic hydroxyl groups is 1. The minimum Gasteiger partial charge on any atom is -0.492 e. The van der Waals surface area contributed by atoms with Gasteiger partial charge in [0.25, 0.3) is 0 Å². The Labute approximate surface area is 154 Å². The second-order valence-corrected chi connectivity index (χ2v) is 7.79. The Morgan fingerprint density at radius 2 is 1.96 bits per heavy atom. The molecule has 3 aromatic rings. The number of hydrogen-bond acceptors (Lipinski definition) is 6. The number of benzene rings is 1. The van der Waals surface area contributed by atoms with Gasteiger partial charge in [0.15, 0.2) is 0 Å². The number of ether oxygens (including phenoxy) is 1. The minimum atomic E-state index is -0.418. The van der Waals surface area contributed by atoms with Gasteiger partial charge >= 0.3 is 0 Å². The maximum absolute atomic E-state index is 14.7. The summed E-state index contributed by atoms with van der Waals surface area (Å²) in [6.45, 7) is 7.09. The normalized spacial score (nSPS) is 22.8. The molecule has 0 saturated carbocycles. The standard InChI is InChI=1S/C18H21FN4O2S/c1-10-8-22(9-11(2)25-10)15(13-6-4-5-7-14(13)19)16-17(24)23-18(26-16)20-12(3)21-23/h4-7,10-11,15,24H,8-9H2,1-3H3. The van der Waals surface area contributed by atoms with Crippen LogP contribution in [0.1, 0.15) is 36.2 Å². The van der Waals surface area contributed by atoms with Crippen LogP contribution in [0.15, 0.2) is 24.3 Å². The van der Waals surface area contributed by atoms with Gasteiger partial charge in [-0.3, -0.25) is 4.90 Å². The molecule has 1 aliphatic rings. The largest absolute Gasteiger partial charge is 0.492 e. The zero-order chi connectivity index (χ0) is 18.4. The predicted octanol–water partition coefficient (Wildman–Crippen LogP) is 3.14. The Kier molecular flexibility index (Phi) is 4.42. The van der Waals surface area contributed by atoms with Crippen molar-refractivity contribution in [1.82, 2.24) is 19.5 Å². The smallest absolute Gasteiger partial charge is 0.230 e. The van der Waals surface area contributed by atoms with Crippen LogP contribution in [-0.4, -0.2) is 49.9 Å². The van der Waals surface area contributed by atoms with E-state index in [2.05, 4.69) is 15.0 Å². The molecule has 0 aliphatic carbocycles. The fourth-order valence-electron chi connectivity index (χ4n) is 3.66. The van der Waals surface area contributed by atoms with E-state index < -0.39 is 6.04 Å². The van der Waals surface area contributed by atoms with E-state index in [9.17, 15) is 9.50 Å². The highest BCUT2D eigenvalue weighted by molar-refractivity contribution is 7.17. The van der Waals surface area contributed by atoms with E-state index in [4.69, 9.17) is 4.74 Å². The molecule has 2 aromatic heterocycles. The van der Waals surface area contributed by atoms with Crippen LogP contribution in [0.4, 0.5) is 4.39 Å². The maximum Gasteiger partial charge on any atom is 0.230 e. The van der Waals surface area contributed by atoms with Crippen LogP contribution in [0.2, 0.25) is 0 Å². The molecule has 1 aliphatic heterocycles. The lowest BCUT2D eigenvalue weighted by Gasteiger charge is -2.40. The molecular weight excluding hydrogens is 355 g/mol. The monoisotopic (exact) mass is 376 g/mol. The van der Waals surface area contributed by atoms with Crippen molar-refractivity contribution in [1.29, 1.82) is 0 Å². The first-order chi connectivity index (χ1) is 12.4. The van der Waals surface area contributed by atoms with E-state index in [1.165, 1.54) is 21.9 Å². The number of morpholine rings is 1. The molecule has 6 nitrogen and oxygen atoms in total. The van der Waals surface area contributed by atoms with E-state index in [-0.39, 0.29) is 23.9 Å². The van der Waals surface area contributed by atoms with Crippen LogP contribution in [0, 0.1) is 12.7 Å². The van der Waals surface area contributed by atoms with E-state index in [0.29, 0.717) is 34.3 Å². The first-order valence-electron chi connectivity index (χ1n) is 8.63. The van der Waals surface area contributed by atoms with Gasteiger partial charge in [-0.2, -0.15) is 4.52 Å². The zero-order valence-corrected chi connectivity index (χ0v) is 15.7. The Morgan fingerprint density at radius 1 is 1.27 bits per heavy atom. The van der Waals surface area contributed by atoms with Crippen molar-refractivity contribution in [3.63, 3.8) is 0 Å². The van der Waals surface area contributed by atoms with Crippen LogP contribution in [0.3, 0.4) is 0 Å². The molecule has 4 rings (SSSR count). The number of fused-ring (bicyclic) bond motifs is 1. The average Bonchev–Trinajstić information content (AvgIpc) is 3.07. The summed E-state index contributed by atoms with van der Waals surface area (Å²) >= 11 is 1.34. The number of aromatic nitrogens is 3. The summed E-state index contributed by atoms with van der Waals surface area (Å²) < 4.78 is 21.9. The van der Waals surface area contributed by atoms with Crippen molar-refractivity contribution in [2.75, 3.05) is 13.1 Å². The summed E-state index contributed by atoms with van der Waals surface area (Å²) in [6, 6.07) is 6.29. The number of rotatable bonds is 3. The number of nitrogens with zero attached hydrogens (tertiary/aromatic N) is 4. The third-order valence-corrected chi connectivity index (χ3v) is 5.64. The molecule has 1 aromatic carbocycles. The number of thiazole rings is 1. The molecule has 3 heterocycles. The number of halogens is 1. The van der Waals surface area contributed by atoms with E-state index in [0.717, 1.165) is 0 Å². The first kappa shape index (κ1) is 17.4. The van der Waals surface area contributed by atoms with Gasteiger partial charge in [-0.15, -0.1) is 5.10 Å². The fourth-order valence-corrected chi connectivity index (χ4v) is 4.81. The van der Waals surface area contributed by atoms with Crippen molar-refractivity contribution in [3.05, 3.63) is 46.3 Å². The summed E-state index contributed by atoms with van der Waals surface area (Å²) in [7, 11) is 0. The van der Waals surface area contributed by atoms with Crippen LogP contribution in [0.5, 0.6) is 5.88 Å². The predicted molar refractivity (Wildman–Crippen MR) is 97.1 cm³/mol. The van der Waals surface area contributed by atoms with Gasteiger partial charge in [-0.25, -0.2) is 9.37 Å². The van der Waals surface area contributed by atoms with E-state index >= 15 is 0 Å². The van der Waals surface area contributed by atoms with Crippen molar-refractivity contribution >= 4 is 16.3 Å². The highest BCUT2D eigenvalue weighted by Gasteiger charge is 2.35. The van der Waals surface area contributed by atoms with Gasteiger partial charge in [-0.05, 0) is 26.8 Å². The molecule has 3 unspecified atom stereocenters. The topological polar surface area (TPSA) is 62.9 Å². The second-order valence-electron chi connectivity index (χ2n) is 6.78. The highest BCUT2D eigenvalue weighted by atomic mass is 32.1. The summed E-state index contributed by atoms with van der Waals surface area (Å²) in [4.78, 5) is 7.75. The molecule has 0 bridgehead atoms. The highest BCUT2D eigenvalue weighted by Crippen LogP contribution is 2.41. The lowest BCUT2D eigenvalue weighted by atomic mass is 10.0.